The number of nitrogens with zero attached hydrogens (tertiary/aromatic N) is 2. The molecule has 0 radical (unpaired) electrons. The molecule has 2 aromatic heterocycles. The van der Waals surface area contributed by atoms with Crippen molar-refractivity contribution in [3.05, 3.63) is 82.5 Å². The topological polar surface area (TPSA) is 16.1 Å². The molecule has 2 nitrogen and oxygen atoms in total. The Morgan fingerprint density at radius 3 is 2.26 bits per heavy atom. The molecular formula is C21H23Cl3N2S. The fourth-order valence-corrected chi connectivity index (χ4v) is 4.54. The molecule has 1 aliphatic carbocycles. The van der Waals surface area contributed by atoms with E-state index in [4.69, 9.17) is 11.6 Å². The van der Waals surface area contributed by atoms with Gasteiger partial charge < -0.3 is 4.90 Å². The maximum absolute atomic E-state index is 6.10. The lowest BCUT2D eigenvalue weighted by molar-refractivity contribution is 0.247. The molecule has 144 valence electrons. The van der Waals surface area contributed by atoms with Crippen molar-refractivity contribution in [3.63, 3.8) is 0 Å². The third-order valence-electron chi connectivity index (χ3n) is 5.20. The molecule has 0 saturated heterocycles. The second-order valence-electron chi connectivity index (χ2n) is 6.80. The molecule has 3 aromatic rings. The van der Waals surface area contributed by atoms with Crippen LogP contribution in [0.4, 0.5) is 5.00 Å². The predicted octanol–water partition coefficient (Wildman–Crippen LogP) is 6.77. The van der Waals surface area contributed by atoms with Gasteiger partial charge in [0, 0.05) is 35.9 Å². The summed E-state index contributed by atoms with van der Waals surface area (Å²) in [7, 11) is 0. The van der Waals surface area contributed by atoms with Crippen molar-refractivity contribution in [2.45, 2.75) is 31.2 Å². The number of rotatable bonds is 6. The molecule has 6 heteroatoms. The molecule has 0 atom stereocenters. The zero-order valence-corrected chi connectivity index (χ0v) is 18.1. The van der Waals surface area contributed by atoms with Crippen LogP contribution in [-0.4, -0.2) is 11.5 Å². The lowest BCUT2D eigenvalue weighted by atomic mass is 9.64. The number of halogens is 3. The van der Waals surface area contributed by atoms with Crippen molar-refractivity contribution >= 4 is 52.8 Å². The minimum absolute atomic E-state index is 0. The van der Waals surface area contributed by atoms with Gasteiger partial charge in [0.05, 0.1) is 5.00 Å². The molecule has 0 N–H and O–H groups in total. The Bertz CT molecular complexity index is 803. The van der Waals surface area contributed by atoms with E-state index in [2.05, 4.69) is 51.7 Å². The summed E-state index contributed by atoms with van der Waals surface area (Å²) < 4.78 is 0. The van der Waals surface area contributed by atoms with Crippen LogP contribution in [0.2, 0.25) is 5.02 Å². The fraction of sp³-hybridized carbons (Fsp3) is 0.286. The van der Waals surface area contributed by atoms with Gasteiger partial charge in [0.25, 0.3) is 0 Å². The minimum atomic E-state index is 0. The normalized spacial score (nSPS) is 14.4. The highest BCUT2D eigenvalue weighted by Gasteiger charge is 2.40. The predicted molar refractivity (Wildman–Crippen MR) is 121 cm³/mol. The molecular weight excluding hydrogens is 419 g/mol. The Morgan fingerprint density at radius 1 is 1.00 bits per heavy atom. The monoisotopic (exact) mass is 440 g/mol. The van der Waals surface area contributed by atoms with Gasteiger partial charge in [-0.1, -0.05) is 30.2 Å². The second kappa shape index (κ2) is 9.79. The SMILES string of the molecule is Cl.Cl.Clc1ccc(C2(CN(Cc3ccncc3)c3cccs3)CCC2)cc1. The molecule has 1 fully saturated rings. The lowest BCUT2D eigenvalue weighted by Gasteiger charge is -2.46. The van der Waals surface area contributed by atoms with E-state index in [1.165, 1.54) is 35.4 Å². The second-order valence-corrected chi connectivity index (χ2v) is 8.17. The van der Waals surface area contributed by atoms with Crippen LogP contribution < -0.4 is 4.90 Å². The molecule has 2 heterocycles. The van der Waals surface area contributed by atoms with Gasteiger partial charge in [0.15, 0.2) is 0 Å². The lowest BCUT2D eigenvalue weighted by Crippen LogP contribution is -2.45. The first-order valence-electron chi connectivity index (χ1n) is 8.69. The largest absolute Gasteiger partial charge is 0.358 e. The molecule has 4 rings (SSSR count). The van der Waals surface area contributed by atoms with E-state index in [0.717, 1.165) is 18.1 Å². The quantitative estimate of drug-likeness (QED) is 0.419. The Kier molecular flexibility index (Phi) is 7.99. The Morgan fingerprint density at radius 2 is 1.70 bits per heavy atom. The van der Waals surface area contributed by atoms with Crippen molar-refractivity contribution < 1.29 is 0 Å². The zero-order chi connectivity index (χ0) is 17.1. The van der Waals surface area contributed by atoms with Crippen molar-refractivity contribution in [1.82, 2.24) is 4.98 Å². The molecule has 0 amide bonds. The highest BCUT2D eigenvalue weighted by atomic mass is 35.5. The number of pyridine rings is 1. The number of aromatic nitrogens is 1. The van der Waals surface area contributed by atoms with Crippen LogP contribution in [0.25, 0.3) is 0 Å². The minimum Gasteiger partial charge on any atom is -0.358 e. The van der Waals surface area contributed by atoms with E-state index in [1.54, 1.807) is 0 Å². The summed E-state index contributed by atoms with van der Waals surface area (Å²) in [4.78, 5) is 6.67. The van der Waals surface area contributed by atoms with Gasteiger partial charge >= 0.3 is 0 Å². The number of thiophene rings is 1. The third-order valence-corrected chi connectivity index (χ3v) is 6.38. The molecule has 27 heavy (non-hydrogen) atoms. The van der Waals surface area contributed by atoms with Crippen LogP contribution in [0.15, 0.2) is 66.3 Å². The van der Waals surface area contributed by atoms with Crippen molar-refractivity contribution in [1.29, 1.82) is 0 Å². The molecule has 1 saturated carbocycles. The molecule has 0 aliphatic heterocycles. The first-order chi connectivity index (χ1) is 12.3. The van der Waals surface area contributed by atoms with Crippen LogP contribution >= 0.6 is 47.8 Å². The first kappa shape index (κ1) is 22.0. The molecule has 1 aromatic carbocycles. The van der Waals surface area contributed by atoms with Gasteiger partial charge in [-0.3, -0.25) is 4.98 Å². The number of hydrogen-bond donors (Lipinski definition) is 0. The summed E-state index contributed by atoms with van der Waals surface area (Å²) in [5, 5.41) is 4.30. The number of hydrogen-bond acceptors (Lipinski definition) is 3. The molecule has 1 aliphatic rings. The standard InChI is InChI=1S/C21H21ClN2S.2ClH/c22-19-6-4-18(5-7-19)21(10-2-11-21)16-24(20-3-1-14-25-20)15-17-8-12-23-13-9-17;;/h1,3-9,12-14H,2,10-11,15-16H2;2*1H. The average Bonchev–Trinajstić information content (AvgIpc) is 3.13. The van der Waals surface area contributed by atoms with Gasteiger partial charge in [-0.15, -0.1) is 36.2 Å². The van der Waals surface area contributed by atoms with E-state index < -0.39 is 0 Å². The molecule has 0 spiro atoms. The van der Waals surface area contributed by atoms with E-state index in [-0.39, 0.29) is 30.2 Å². The summed E-state index contributed by atoms with van der Waals surface area (Å²) in [6.07, 6.45) is 7.54. The first-order valence-corrected chi connectivity index (χ1v) is 9.94. The van der Waals surface area contributed by atoms with E-state index in [9.17, 15) is 0 Å². The molecule has 0 unspecified atom stereocenters. The summed E-state index contributed by atoms with van der Waals surface area (Å²) >= 11 is 7.91. The van der Waals surface area contributed by atoms with Crippen LogP contribution in [0.3, 0.4) is 0 Å². The highest BCUT2D eigenvalue weighted by Crippen LogP contribution is 2.45. The van der Waals surface area contributed by atoms with Crippen LogP contribution in [0.5, 0.6) is 0 Å². The van der Waals surface area contributed by atoms with Gasteiger partial charge in [0.2, 0.25) is 0 Å². The third kappa shape index (κ3) is 4.97. The maximum Gasteiger partial charge on any atom is 0.0911 e. The van der Waals surface area contributed by atoms with Crippen molar-refractivity contribution in [2.24, 2.45) is 0 Å². The smallest absolute Gasteiger partial charge is 0.0911 e. The van der Waals surface area contributed by atoms with E-state index in [0.29, 0.717) is 0 Å². The van der Waals surface area contributed by atoms with Gasteiger partial charge in [0.1, 0.15) is 0 Å². The Balaban J connectivity index is 0.00000131. The van der Waals surface area contributed by atoms with Crippen LogP contribution in [0.1, 0.15) is 30.4 Å². The van der Waals surface area contributed by atoms with E-state index in [1.807, 2.05) is 35.9 Å². The summed E-state index contributed by atoms with van der Waals surface area (Å²) in [5.41, 5.74) is 2.95. The van der Waals surface area contributed by atoms with Gasteiger partial charge in [-0.25, -0.2) is 0 Å². The van der Waals surface area contributed by atoms with Crippen molar-refractivity contribution in [3.8, 4) is 0 Å². The number of benzene rings is 1. The van der Waals surface area contributed by atoms with Crippen LogP contribution in [-0.2, 0) is 12.0 Å². The molecule has 0 bridgehead atoms. The zero-order valence-electron chi connectivity index (χ0n) is 14.9. The van der Waals surface area contributed by atoms with Gasteiger partial charge in [-0.05, 0) is 65.7 Å². The van der Waals surface area contributed by atoms with Crippen molar-refractivity contribution in [2.75, 3.05) is 11.4 Å². The van der Waals surface area contributed by atoms with Gasteiger partial charge in [-0.2, -0.15) is 0 Å². The van der Waals surface area contributed by atoms with Crippen LogP contribution in [0, 0.1) is 0 Å². The number of anilines is 1. The average molecular weight is 442 g/mol. The summed E-state index contributed by atoms with van der Waals surface area (Å²) in [6, 6.07) is 17.0. The van der Waals surface area contributed by atoms with E-state index >= 15 is 0 Å². The summed E-state index contributed by atoms with van der Waals surface area (Å²) in [6.45, 7) is 1.95. The highest BCUT2D eigenvalue weighted by molar-refractivity contribution is 7.14. The Hall–Kier alpha value is -1.26. The fourth-order valence-electron chi connectivity index (χ4n) is 3.68. The summed E-state index contributed by atoms with van der Waals surface area (Å²) in [5.74, 6) is 0. The Labute approximate surface area is 182 Å². The maximum atomic E-state index is 6.10.